The maximum Gasteiger partial charge on any atom is 0.330 e. The number of nitrogens with one attached hydrogen (secondary N) is 1. The topological polar surface area (TPSA) is 75.6 Å². The fourth-order valence-electron chi connectivity index (χ4n) is 2.13. The minimum absolute atomic E-state index is 0.361. The summed E-state index contributed by atoms with van der Waals surface area (Å²) in [5.41, 5.74) is 0.532. The zero-order chi connectivity index (χ0) is 14.5. The molecule has 1 aliphatic rings. The first kappa shape index (κ1) is 15.0. The highest BCUT2D eigenvalue weighted by Gasteiger charge is 2.28. The van der Waals surface area contributed by atoms with E-state index in [-0.39, 0.29) is 5.91 Å². The van der Waals surface area contributed by atoms with E-state index in [0.717, 1.165) is 17.3 Å². The highest BCUT2D eigenvalue weighted by molar-refractivity contribution is 9.10. The van der Waals surface area contributed by atoms with Crippen LogP contribution >= 0.6 is 15.9 Å². The number of halogens is 1. The molecular weight excluding hydrogens is 326 g/mol. The highest BCUT2D eigenvalue weighted by atomic mass is 79.9. The van der Waals surface area contributed by atoms with Gasteiger partial charge in [0.2, 0.25) is 5.91 Å². The van der Waals surface area contributed by atoms with Gasteiger partial charge in [-0.15, -0.1) is 0 Å². The normalized spacial score (nSPS) is 20.1. The lowest BCUT2D eigenvalue weighted by Crippen LogP contribution is -2.42. The molecule has 6 heteroatoms. The summed E-state index contributed by atoms with van der Waals surface area (Å²) in [5, 5.41) is 11.8. The van der Waals surface area contributed by atoms with Gasteiger partial charge in [-0.1, -0.05) is 28.1 Å². The molecule has 1 amide bonds. The maximum atomic E-state index is 12.0. The first-order valence-electron chi connectivity index (χ1n) is 6.48. The Balaban J connectivity index is 2.07. The number of carboxylic acids is 1. The predicted octanol–water partition coefficient (Wildman–Crippen LogP) is 2.26. The summed E-state index contributed by atoms with van der Waals surface area (Å²) in [6.07, 6.45) is 1.96. The van der Waals surface area contributed by atoms with Crippen molar-refractivity contribution in [2.45, 2.75) is 31.4 Å². The third-order valence-corrected chi connectivity index (χ3v) is 3.74. The predicted molar refractivity (Wildman–Crippen MR) is 76.3 cm³/mol. The quantitative estimate of drug-likeness (QED) is 0.880. The molecule has 2 rings (SSSR count). The van der Waals surface area contributed by atoms with Crippen molar-refractivity contribution in [3.05, 3.63) is 34.3 Å². The third kappa shape index (κ3) is 3.80. The summed E-state index contributed by atoms with van der Waals surface area (Å²) >= 11 is 3.29. The van der Waals surface area contributed by atoms with Crippen LogP contribution in [0.4, 0.5) is 0 Å². The van der Waals surface area contributed by atoms with E-state index in [1.165, 1.54) is 0 Å². The van der Waals surface area contributed by atoms with Gasteiger partial charge in [-0.25, -0.2) is 4.79 Å². The summed E-state index contributed by atoms with van der Waals surface area (Å²) in [6, 6.07) is 5.78. The lowest BCUT2D eigenvalue weighted by molar-refractivity contribution is -0.145. The summed E-state index contributed by atoms with van der Waals surface area (Å²) in [5.74, 6) is -1.45. The van der Waals surface area contributed by atoms with Gasteiger partial charge in [-0.3, -0.25) is 4.79 Å². The number of hydrogen-bond acceptors (Lipinski definition) is 3. The smallest absolute Gasteiger partial charge is 0.330 e. The standard InChI is InChI=1S/C14H16BrNO4/c15-10-6-4-9(5-7-10)12(14(18)19)16-13(17)11-3-1-2-8-20-11/h4-7,11-12H,1-3,8H2,(H,16,17)(H,18,19). The lowest BCUT2D eigenvalue weighted by atomic mass is 10.0. The van der Waals surface area contributed by atoms with E-state index in [9.17, 15) is 14.7 Å². The largest absolute Gasteiger partial charge is 0.479 e. The molecule has 0 saturated carbocycles. The minimum atomic E-state index is -1.09. The van der Waals surface area contributed by atoms with E-state index in [1.807, 2.05) is 0 Å². The van der Waals surface area contributed by atoms with Crippen molar-refractivity contribution in [3.63, 3.8) is 0 Å². The third-order valence-electron chi connectivity index (χ3n) is 3.21. The molecule has 108 valence electrons. The molecule has 0 radical (unpaired) electrons. The van der Waals surface area contributed by atoms with Gasteiger partial charge in [0.15, 0.2) is 6.04 Å². The van der Waals surface area contributed by atoms with Gasteiger partial charge in [0, 0.05) is 11.1 Å². The molecule has 20 heavy (non-hydrogen) atoms. The molecule has 0 spiro atoms. The van der Waals surface area contributed by atoms with E-state index in [0.29, 0.717) is 18.6 Å². The summed E-state index contributed by atoms with van der Waals surface area (Å²) in [4.78, 5) is 23.4. The van der Waals surface area contributed by atoms with Gasteiger partial charge in [0.25, 0.3) is 0 Å². The molecular formula is C14H16BrNO4. The number of hydrogen-bond donors (Lipinski definition) is 2. The van der Waals surface area contributed by atoms with E-state index >= 15 is 0 Å². The Bertz CT molecular complexity index is 482. The zero-order valence-corrected chi connectivity index (χ0v) is 12.4. The van der Waals surface area contributed by atoms with Gasteiger partial charge in [-0.05, 0) is 37.0 Å². The second-order valence-corrected chi connectivity index (χ2v) is 5.60. The molecule has 2 unspecified atom stereocenters. The molecule has 1 aromatic rings. The molecule has 0 aromatic heterocycles. The molecule has 0 aliphatic carbocycles. The second kappa shape index (κ2) is 6.85. The van der Waals surface area contributed by atoms with Crippen LogP contribution in [0.1, 0.15) is 30.9 Å². The number of rotatable bonds is 4. The van der Waals surface area contributed by atoms with Crippen LogP contribution in [0.2, 0.25) is 0 Å². The van der Waals surface area contributed by atoms with Gasteiger partial charge in [0.1, 0.15) is 6.10 Å². The first-order chi connectivity index (χ1) is 9.58. The maximum absolute atomic E-state index is 12.0. The van der Waals surface area contributed by atoms with Gasteiger partial charge >= 0.3 is 5.97 Å². The van der Waals surface area contributed by atoms with E-state index < -0.39 is 18.1 Å². The fourth-order valence-corrected chi connectivity index (χ4v) is 2.39. The molecule has 0 bridgehead atoms. The Hall–Kier alpha value is -1.40. The van der Waals surface area contributed by atoms with E-state index in [2.05, 4.69) is 21.2 Å². The summed E-state index contributed by atoms with van der Waals surface area (Å²) < 4.78 is 6.22. The SMILES string of the molecule is O=C(NC(C(=O)O)c1ccc(Br)cc1)C1CCCCO1. The van der Waals surface area contributed by atoms with E-state index in [1.54, 1.807) is 24.3 Å². The van der Waals surface area contributed by atoms with E-state index in [4.69, 9.17) is 4.74 Å². The lowest BCUT2D eigenvalue weighted by Gasteiger charge is -2.24. The average molecular weight is 342 g/mol. The summed E-state index contributed by atoms with van der Waals surface area (Å²) in [7, 11) is 0. The van der Waals surface area contributed by atoms with Crippen molar-refractivity contribution in [2.75, 3.05) is 6.61 Å². The highest BCUT2D eigenvalue weighted by Crippen LogP contribution is 2.19. The Kier molecular flexibility index (Phi) is 5.14. The molecule has 2 N–H and O–H groups in total. The average Bonchev–Trinajstić information content (AvgIpc) is 2.46. The molecule has 5 nitrogen and oxygen atoms in total. The van der Waals surface area contributed by atoms with Crippen molar-refractivity contribution < 1.29 is 19.4 Å². The Morgan fingerprint density at radius 3 is 2.55 bits per heavy atom. The molecule has 1 heterocycles. The Morgan fingerprint density at radius 1 is 1.30 bits per heavy atom. The number of benzene rings is 1. The number of carboxylic acid groups (broad SMARTS) is 1. The Morgan fingerprint density at radius 2 is 2.00 bits per heavy atom. The van der Waals surface area contributed by atoms with Crippen molar-refractivity contribution >= 4 is 27.8 Å². The fraction of sp³-hybridized carbons (Fsp3) is 0.429. The van der Waals surface area contributed by atoms with Crippen LogP contribution in [-0.4, -0.2) is 29.7 Å². The number of amides is 1. The number of aliphatic carboxylic acids is 1. The van der Waals surface area contributed by atoms with Crippen LogP contribution in [0.25, 0.3) is 0 Å². The van der Waals surface area contributed by atoms with Crippen LogP contribution in [0.3, 0.4) is 0 Å². The van der Waals surface area contributed by atoms with Crippen LogP contribution in [0.15, 0.2) is 28.7 Å². The van der Waals surface area contributed by atoms with Crippen LogP contribution in [0.5, 0.6) is 0 Å². The zero-order valence-electron chi connectivity index (χ0n) is 10.8. The monoisotopic (exact) mass is 341 g/mol. The molecule has 1 aliphatic heterocycles. The summed E-state index contributed by atoms with van der Waals surface area (Å²) in [6.45, 7) is 0.550. The van der Waals surface area contributed by atoms with Gasteiger partial charge in [0.05, 0.1) is 0 Å². The van der Waals surface area contributed by atoms with Crippen molar-refractivity contribution in [3.8, 4) is 0 Å². The Labute approximate surface area is 125 Å². The second-order valence-electron chi connectivity index (χ2n) is 4.69. The molecule has 1 fully saturated rings. The van der Waals surface area contributed by atoms with Crippen LogP contribution in [-0.2, 0) is 14.3 Å². The van der Waals surface area contributed by atoms with Crippen molar-refractivity contribution in [1.29, 1.82) is 0 Å². The minimum Gasteiger partial charge on any atom is -0.479 e. The molecule has 1 aromatic carbocycles. The molecule has 2 atom stereocenters. The number of carbonyl (C=O) groups is 2. The van der Waals surface area contributed by atoms with Crippen molar-refractivity contribution in [1.82, 2.24) is 5.32 Å². The molecule has 1 saturated heterocycles. The number of carbonyl (C=O) groups excluding carboxylic acids is 1. The first-order valence-corrected chi connectivity index (χ1v) is 7.27. The van der Waals surface area contributed by atoms with Crippen LogP contribution in [0, 0.1) is 0 Å². The van der Waals surface area contributed by atoms with Gasteiger partial charge in [-0.2, -0.15) is 0 Å². The van der Waals surface area contributed by atoms with Crippen LogP contribution < -0.4 is 5.32 Å². The van der Waals surface area contributed by atoms with Gasteiger partial charge < -0.3 is 15.2 Å². The van der Waals surface area contributed by atoms with Crippen molar-refractivity contribution in [2.24, 2.45) is 0 Å². The number of ether oxygens (including phenoxy) is 1.